The molecule has 1 saturated heterocycles. The third kappa shape index (κ3) is 2.61. The maximum absolute atomic E-state index is 11.9. The second-order valence-corrected chi connectivity index (χ2v) is 4.35. The highest BCUT2D eigenvalue weighted by molar-refractivity contribution is 5.78. The number of carbonyl (C=O) groups is 1. The molecule has 88 valence electrons. The van der Waals surface area contributed by atoms with Crippen molar-refractivity contribution in [2.24, 2.45) is 0 Å². The van der Waals surface area contributed by atoms with Crippen LogP contribution in [0.3, 0.4) is 0 Å². The fraction of sp³-hybridized carbons (Fsp3) is 0.636. The third-order valence-electron chi connectivity index (χ3n) is 2.84. The number of rotatable bonds is 2. The van der Waals surface area contributed by atoms with Crippen molar-refractivity contribution in [3.05, 3.63) is 17.5 Å². The van der Waals surface area contributed by atoms with Crippen molar-refractivity contribution in [3.63, 3.8) is 0 Å². The topological polar surface area (TPSA) is 69.2 Å². The summed E-state index contributed by atoms with van der Waals surface area (Å²) in [6.45, 7) is 3.12. The minimum Gasteiger partial charge on any atom is -0.391 e. The molecule has 2 rings (SSSR count). The zero-order chi connectivity index (χ0) is 11.5. The summed E-state index contributed by atoms with van der Waals surface area (Å²) in [4.78, 5) is 13.6. The zero-order valence-corrected chi connectivity index (χ0v) is 9.44. The Hall–Kier alpha value is -1.36. The summed E-state index contributed by atoms with van der Waals surface area (Å²) < 4.78 is 0. The quantitative estimate of drug-likeness (QED) is 0.754. The van der Waals surface area contributed by atoms with Crippen molar-refractivity contribution in [2.45, 2.75) is 32.3 Å². The number of H-pyrrole nitrogens is 1. The van der Waals surface area contributed by atoms with Gasteiger partial charge in [0.05, 0.1) is 18.2 Å². The fourth-order valence-corrected chi connectivity index (χ4v) is 2.01. The third-order valence-corrected chi connectivity index (χ3v) is 2.84. The van der Waals surface area contributed by atoms with Crippen LogP contribution in [0.1, 0.15) is 24.2 Å². The highest BCUT2D eigenvalue weighted by atomic mass is 16.3. The Labute approximate surface area is 94.5 Å². The summed E-state index contributed by atoms with van der Waals surface area (Å²) >= 11 is 0. The van der Waals surface area contributed by atoms with E-state index in [0.717, 1.165) is 30.8 Å². The molecule has 0 spiro atoms. The molecular weight excluding hydrogens is 206 g/mol. The number of aromatic nitrogens is 2. The lowest BCUT2D eigenvalue weighted by molar-refractivity contribution is -0.133. The van der Waals surface area contributed by atoms with Gasteiger partial charge >= 0.3 is 0 Å². The van der Waals surface area contributed by atoms with Crippen LogP contribution in [0.4, 0.5) is 0 Å². The highest BCUT2D eigenvalue weighted by Crippen LogP contribution is 2.11. The normalized spacial score (nSPS) is 21.1. The van der Waals surface area contributed by atoms with Crippen molar-refractivity contribution in [1.82, 2.24) is 15.1 Å². The monoisotopic (exact) mass is 223 g/mol. The molecule has 0 aliphatic carbocycles. The maximum atomic E-state index is 11.9. The number of aryl methyl sites for hydroxylation is 1. The summed E-state index contributed by atoms with van der Waals surface area (Å²) in [7, 11) is 0. The molecule has 0 aromatic carbocycles. The van der Waals surface area contributed by atoms with E-state index in [0.29, 0.717) is 13.0 Å². The van der Waals surface area contributed by atoms with E-state index in [9.17, 15) is 9.90 Å². The van der Waals surface area contributed by atoms with Crippen LogP contribution in [0.5, 0.6) is 0 Å². The second kappa shape index (κ2) is 4.65. The fourth-order valence-electron chi connectivity index (χ4n) is 2.01. The van der Waals surface area contributed by atoms with E-state index in [-0.39, 0.29) is 12.0 Å². The van der Waals surface area contributed by atoms with Gasteiger partial charge in [0.2, 0.25) is 5.91 Å². The van der Waals surface area contributed by atoms with Gasteiger partial charge in [0.25, 0.3) is 0 Å². The molecule has 5 heteroatoms. The summed E-state index contributed by atoms with van der Waals surface area (Å²) in [5, 5.41) is 16.3. The van der Waals surface area contributed by atoms with E-state index in [1.165, 1.54) is 0 Å². The molecule has 1 aliphatic rings. The summed E-state index contributed by atoms with van der Waals surface area (Å²) in [6.07, 6.45) is 1.63. The van der Waals surface area contributed by atoms with Crippen molar-refractivity contribution in [2.75, 3.05) is 13.1 Å². The zero-order valence-electron chi connectivity index (χ0n) is 9.44. The molecule has 2 N–H and O–H groups in total. The van der Waals surface area contributed by atoms with Crippen molar-refractivity contribution in [3.8, 4) is 0 Å². The number of nitrogens with zero attached hydrogens (tertiary/aromatic N) is 2. The van der Waals surface area contributed by atoms with Gasteiger partial charge in [0, 0.05) is 18.8 Å². The molecule has 0 bridgehead atoms. The first kappa shape index (κ1) is 11.1. The Morgan fingerprint density at radius 1 is 1.75 bits per heavy atom. The number of nitrogens with one attached hydrogen (secondary N) is 1. The SMILES string of the molecule is Cc1cc(CC(=O)N2CCCC(O)C2)n[nH]1. The Kier molecular flexibility index (Phi) is 3.24. The van der Waals surface area contributed by atoms with Gasteiger partial charge in [-0.2, -0.15) is 5.10 Å². The number of amides is 1. The molecule has 1 unspecified atom stereocenters. The van der Waals surface area contributed by atoms with Crippen LogP contribution in [0.2, 0.25) is 0 Å². The number of aliphatic hydroxyl groups is 1. The van der Waals surface area contributed by atoms with Crippen LogP contribution in [-0.4, -0.2) is 45.3 Å². The average molecular weight is 223 g/mol. The maximum Gasteiger partial charge on any atom is 0.228 e. The number of β-amino-alcohol motifs (C(OH)–C–C–N with tert-alkyl or cyclic N) is 1. The molecule has 1 aliphatic heterocycles. The van der Waals surface area contributed by atoms with E-state index in [4.69, 9.17) is 0 Å². The van der Waals surface area contributed by atoms with Gasteiger partial charge in [-0.05, 0) is 25.8 Å². The van der Waals surface area contributed by atoms with Gasteiger partial charge in [-0.1, -0.05) is 0 Å². The molecule has 1 atom stereocenters. The van der Waals surface area contributed by atoms with E-state index in [1.54, 1.807) is 4.90 Å². The standard InChI is InChI=1S/C11H17N3O2/c1-8-5-9(13-12-8)6-11(16)14-4-2-3-10(15)7-14/h5,10,15H,2-4,6-7H2,1H3,(H,12,13). The number of aliphatic hydroxyl groups excluding tert-OH is 1. The van der Waals surface area contributed by atoms with E-state index in [2.05, 4.69) is 10.2 Å². The van der Waals surface area contributed by atoms with Gasteiger partial charge in [-0.25, -0.2) is 0 Å². The lowest BCUT2D eigenvalue weighted by Crippen LogP contribution is -2.42. The van der Waals surface area contributed by atoms with Crippen molar-refractivity contribution in [1.29, 1.82) is 0 Å². The first-order valence-electron chi connectivity index (χ1n) is 5.62. The van der Waals surface area contributed by atoms with Gasteiger partial charge in [-0.3, -0.25) is 9.89 Å². The van der Waals surface area contributed by atoms with Crippen LogP contribution in [-0.2, 0) is 11.2 Å². The summed E-state index contributed by atoms with van der Waals surface area (Å²) in [5.74, 6) is 0.0465. The van der Waals surface area contributed by atoms with Gasteiger partial charge in [0.15, 0.2) is 0 Å². The first-order valence-corrected chi connectivity index (χ1v) is 5.62. The lowest BCUT2D eigenvalue weighted by atomic mass is 10.1. The number of likely N-dealkylation sites (tertiary alicyclic amines) is 1. The van der Waals surface area contributed by atoms with Crippen LogP contribution >= 0.6 is 0 Å². The van der Waals surface area contributed by atoms with E-state index >= 15 is 0 Å². The summed E-state index contributed by atoms with van der Waals surface area (Å²) in [6, 6.07) is 1.87. The van der Waals surface area contributed by atoms with E-state index < -0.39 is 0 Å². The highest BCUT2D eigenvalue weighted by Gasteiger charge is 2.22. The largest absolute Gasteiger partial charge is 0.391 e. The van der Waals surface area contributed by atoms with Crippen LogP contribution in [0.25, 0.3) is 0 Å². The predicted octanol–water partition coefficient (Wildman–Crippen LogP) is 0.244. The van der Waals surface area contributed by atoms with Crippen molar-refractivity contribution >= 4 is 5.91 Å². The first-order chi connectivity index (χ1) is 7.65. The molecular formula is C11H17N3O2. The minimum absolute atomic E-state index is 0.0465. The summed E-state index contributed by atoms with van der Waals surface area (Å²) in [5.41, 5.74) is 1.73. The molecule has 16 heavy (non-hydrogen) atoms. The Bertz CT molecular complexity index is 375. The molecule has 1 aromatic heterocycles. The van der Waals surface area contributed by atoms with Crippen LogP contribution < -0.4 is 0 Å². The Balaban J connectivity index is 1.92. The number of carbonyl (C=O) groups excluding carboxylic acids is 1. The molecule has 0 radical (unpaired) electrons. The molecule has 1 aromatic rings. The number of hydrogen-bond donors (Lipinski definition) is 2. The molecule has 1 fully saturated rings. The predicted molar refractivity (Wildman–Crippen MR) is 58.8 cm³/mol. The van der Waals surface area contributed by atoms with Gasteiger partial charge in [0.1, 0.15) is 0 Å². The average Bonchev–Trinajstić information content (AvgIpc) is 2.64. The minimum atomic E-state index is -0.362. The molecule has 5 nitrogen and oxygen atoms in total. The molecule has 0 saturated carbocycles. The van der Waals surface area contributed by atoms with Gasteiger partial charge < -0.3 is 10.0 Å². The molecule has 2 heterocycles. The van der Waals surface area contributed by atoms with E-state index in [1.807, 2.05) is 13.0 Å². The number of piperidine rings is 1. The smallest absolute Gasteiger partial charge is 0.228 e. The molecule has 1 amide bonds. The number of hydrogen-bond acceptors (Lipinski definition) is 3. The number of aromatic amines is 1. The Morgan fingerprint density at radius 3 is 3.19 bits per heavy atom. The van der Waals surface area contributed by atoms with Crippen molar-refractivity contribution < 1.29 is 9.90 Å². The lowest BCUT2D eigenvalue weighted by Gasteiger charge is -2.29. The van der Waals surface area contributed by atoms with Crippen LogP contribution in [0, 0.1) is 6.92 Å². The van der Waals surface area contributed by atoms with Gasteiger partial charge in [-0.15, -0.1) is 0 Å². The van der Waals surface area contributed by atoms with Crippen LogP contribution in [0.15, 0.2) is 6.07 Å². The second-order valence-electron chi connectivity index (χ2n) is 4.35. The Morgan fingerprint density at radius 2 is 2.56 bits per heavy atom.